The zero-order valence-electron chi connectivity index (χ0n) is 10.0. The second-order valence-corrected chi connectivity index (χ2v) is 4.57. The Morgan fingerprint density at radius 3 is 2.72 bits per heavy atom. The van der Waals surface area contributed by atoms with E-state index in [1.807, 2.05) is 0 Å². The molecule has 1 aromatic heterocycles. The first-order valence-corrected chi connectivity index (χ1v) is 5.93. The zero-order chi connectivity index (χ0) is 13.3. The van der Waals surface area contributed by atoms with Crippen molar-refractivity contribution in [2.75, 3.05) is 7.11 Å². The predicted octanol–water partition coefficient (Wildman–Crippen LogP) is 3.61. The molecule has 0 aliphatic carbocycles. The smallest absolute Gasteiger partial charge is 0.256 e. The number of nitrogens with zero attached hydrogens (tertiary/aromatic N) is 2. The minimum atomic E-state index is -2.46. The van der Waals surface area contributed by atoms with Gasteiger partial charge in [-0.25, -0.2) is 13.8 Å². The largest absolute Gasteiger partial charge is 0.494 e. The summed E-state index contributed by atoms with van der Waals surface area (Å²) >= 11 is 5.99. The maximum absolute atomic E-state index is 12.6. The van der Waals surface area contributed by atoms with Crippen molar-refractivity contribution in [1.82, 2.24) is 9.55 Å². The van der Waals surface area contributed by atoms with Crippen LogP contribution in [0, 0.1) is 0 Å². The quantitative estimate of drug-likeness (QED) is 0.797. The van der Waals surface area contributed by atoms with Gasteiger partial charge < -0.3 is 9.30 Å². The highest BCUT2D eigenvalue weighted by atomic mass is 35.5. The molecule has 0 N–H and O–H groups in total. The molecule has 0 saturated heterocycles. The normalized spacial score (nSPS) is 13.2. The molecule has 1 aromatic carbocycles. The molecule has 0 spiro atoms. The van der Waals surface area contributed by atoms with Crippen LogP contribution in [0.2, 0.25) is 0 Å². The van der Waals surface area contributed by atoms with Gasteiger partial charge in [0.25, 0.3) is 6.43 Å². The van der Waals surface area contributed by atoms with Gasteiger partial charge in [0.1, 0.15) is 17.1 Å². The molecule has 0 bridgehead atoms. The third kappa shape index (κ3) is 2.27. The van der Waals surface area contributed by atoms with E-state index in [1.54, 1.807) is 25.1 Å². The first kappa shape index (κ1) is 13.1. The van der Waals surface area contributed by atoms with Gasteiger partial charge in [0.05, 0.1) is 24.5 Å². The number of alkyl halides is 3. The number of hydrogen-bond donors (Lipinski definition) is 0. The number of halogens is 3. The molecule has 1 heterocycles. The highest BCUT2D eigenvalue weighted by molar-refractivity contribution is 6.20. The first-order valence-electron chi connectivity index (χ1n) is 5.50. The molecule has 0 amide bonds. The van der Waals surface area contributed by atoms with Gasteiger partial charge in [0.15, 0.2) is 0 Å². The van der Waals surface area contributed by atoms with Crippen LogP contribution in [0.15, 0.2) is 18.2 Å². The van der Waals surface area contributed by atoms with Crippen molar-refractivity contribution in [3.8, 4) is 5.75 Å². The van der Waals surface area contributed by atoms with Gasteiger partial charge >= 0.3 is 0 Å². The van der Waals surface area contributed by atoms with Crippen LogP contribution >= 0.6 is 11.6 Å². The van der Waals surface area contributed by atoms with Crippen LogP contribution in [0.25, 0.3) is 11.0 Å². The van der Waals surface area contributed by atoms with Crippen molar-refractivity contribution in [3.63, 3.8) is 0 Å². The van der Waals surface area contributed by atoms with Crippen molar-refractivity contribution < 1.29 is 13.5 Å². The molecule has 98 valence electrons. The number of para-hydroxylation sites is 1. The van der Waals surface area contributed by atoms with Crippen LogP contribution < -0.4 is 4.74 Å². The van der Waals surface area contributed by atoms with Crippen molar-refractivity contribution in [2.24, 2.45) is 0 Å². The Balaban J connectivity index is 2.67. The summed E-state index contributed by atoms with van der Waals surface area (Å²) in [5.41, 5.74) is 1.17. The molecule has 6 heteroatoms. The molecule has 1 unspecified atom stereocenters. The van der Waals surface area contributed by atoms with E-state index >= 15 is 0 Å². The maximum atomic E-state index is 12.6. The van der Waals surface area contributed by atoms with Gasteiger partial charge in [-0.2, -0.15) is 0 Å². The summed E-state index contributed by atoms with van der Waals surface area (Å²) < 4.78 is 31.9. The Morgan fingerprint density at radius 1 is 1.44 bits per heavy atom. The van der Waals surface area contributed by atoms with E-state index in [0.29, 0.717) is 22.6 Å². The molecule has 0 aliphatic rings. The Kier molecular flexibility index (Phi) is 3.71. The molecular weight excluding hydrogens is 262 g/mol. The standard InChI is InChI=1S/C12H13ClF2N2O/c1-7(13)12-16-11-8(17(12)6-10(14)15)4-3-5-9(11)18-2/h3-5,7,10H,6H2,1-2H3. The molecule has 0 aliphatic heterocycles. The monoisotopic (exact) mass is 274 g/mol. The Labute approximate surface area is 108 Å². The van der Waals surface area contributed by atoms with E-state index in [9.17, 15) is 8.78 Å². The van der Waals surface area contributed by atoms with Crippen molar-refractivity contribution in [2.45, 2.75) is 25.3 Å². The number of aromatic nitrogens is 2. The van der Waals surface area contributed by atoms with Crippen LogP contribution in [-0.4, -0.2) is 23.1 Å². The van der Waals surface area contributed by atoms with E-state index in [4.69, 9.17) is 16.3 Å². The number of ether oxygens (including phenoxy) is 1. The second kappa shape index (κ2) is 5.10. The molecule has 2 rings (SSSR count). The van der Waals surface area contributed by atoms with E-state index in [-0.39, 0.29) is 0 Å². The van der Waals surface area contributed by atoms with Gasteiger partial charge in [-0.15, -0.1) is 11.6 Å². The molecule has 18 heavy (non-hydrogen) atoms. The van der Waals surface area contributed by atoms with Crippen molar-refractivity contribution in [3.05, 3.63) is 24.0 Å². The van der Waals surface area contributed by atoms with E-state index in [2.05, 4.69) is 4.98 Å². The molecule has 1 atom stereocenters. The highest BCUT2D eigenvalue weighted by Gasteiger charge is 2.19. The van der Waals surface area contributed by atoms with Crippen LogP contribution in [0.3, 0.4) is 0 Å². The third-order valence-electron chi connectivity index (χ3n) is 2.67. The van der Waals surface area contributed by atoms with Crippen LogP contribution in [0.5, 0.6) is 5.75 Å². The number of methoxy groups -OCH3 is 1. The summed E-state index contributed by atoms with van der Waals surface area (Å²) in [7, 11) is 1.52. The topological polar surface area (TPSA) is 27.1 Å². The fraction of sp³-hybridized carbons (Fsp3) is 0.417. The summed E-state index contributed by atoms with van der Waals surface area (Å²) in [4.78, 5) is 4.31. The summed E-state index contributed by atoms with van der Waals surface area (Å²) in [6.45, 7) is 1.28. The Bertz CT molecular complexity index is 554. The van der Waals surface area contributed by atoms with Crippen LogP contribution in [0.4, 0.5) is 8.78 Å². The van der Waals surface area contributed by atoms with Gasteiger partial charge in [-0.05, 0) is 19.1 Å². The lowest BCUT2D eigenvalue weighted by atomic mass is 10.3. The SMILES string of the molecule is COc1cccc2c1nc(C(C)Cl)n2CC(F)F. The maximum Gasteiger partial charge on any atom is 0.256 e. The lowest BCUT2D eigenvalue weighted by Crippen LogP contribution is -2.10. The van der Waals surface area contributed by atoms with Crippen LogP contribution in [-0.2, 0) is 6.54 Å². The van der Waals surface area contributed by atoms with E-state index in [0.717, 1.165) is 0 Å². The average molecular weight is 275 g/mol. The average Bonchev–Trinajstić information content (AvgIpc) is 2.67. The Morgan fingerprint density at radius 2 is 2.17 bits per heavy atom. The third-order valence-corrected chi connectivity index (χ3v) is 2.86. The van der Waals surface area contributed by atoms with Gasteiger partial charge in [-0.1, -0.05) is 6.07 Å². The summed E-state index contributed by atoms with van der Waals surface area (Å²) in [6, 6.07) is 5.22. The number of fused-ring (bicyclic) bond motifs is 1. The van der Waals surface area contributed by atoms with Crippen molar-refractivity contribution >= 4 is 22.6 Å². The lowest BCUT2D eigenvalue weighted by Gasteiger charge is -2.09. The van der Waals surface area contributed by atoms with Gasteiger partial charge in [-0.3, -0.25) is 0 Å². The minimum Gasteiger partial charge on any atom is -0.494 e. The molecule has 0 fully saturated rings. The highest BCUT2D eigenvalue weighted by Crippen LogP contribution is 2.30. The lowest BCUT2D eigenvalue weighted by molar-refractivity contribution is 0.127. The minimum absolute atomic E-state index is 0.421. The number of benzene rings is 1. The molecule has 2 aromatic rings. The fourth-order valence-electron chi connectivity index (χ4n) is 1.94. The van der Waals surface area contributed by atoms with Gasteiger partial charge in [0.2, 0.25) is 0 Å². The van der Waals surface area contributed by atoms with E-state index < -0.39 is 18.3 Å². The van der Waals surface area contributed by atoms with Crippen LogP contribution in [0.1, 0.15) is 18.1 Å². The zero-order valence-corrected chi connectivity index (χ0v) is 10.8. The Hall–Kier alpha value is -1.36. The molecular formula is C12H13ClF2N2O. The predicted molar refractivity (Wildman–Crippen MR) is 66.6 cm³/mol. The summed E-state index contributed by atoms with van der Waals surface area (Å²) in [5.74, 6) is 0.982. The fourth-order valence-corrected chi connectivity index (χ4v) is 2.10. The van der Waals surface area contributed by atoms with Crippen molar-refractivity contribution in [1.29, 1.82) is 0 Å². The van der Waals surface area contributed by atoms with Gasteiger partial charge in [0, 0.05) is 0 Å². The number of imidazole rings is 1. The molecule has 0 saturated carbocycles. The van der Waals surface area contributed by atoms with E-state index in [1.165, 1.54) is 11.7 Å². The molecule has 3 nitrogen and oxygen atoms in total. The first-order chi connectivity index (χ1) is 8.54. The summed E-state index contributed by atoms with van der Waals surface area (Å²) in [6.07, 6.45) is -2.46. The number of rotatable bonds is 4. The molecule has 0 radical (unpaired) electrons. The number of hydrogen-bond acceptors (Lipinski definition) is 2. The second-order valence-electron chi connectivity index (χ2n) is 3.92. The summed E-state index contributed by atoms with van der Waals surface area (Å²) in [5, 5.41) is -0.444.